The van der Waals surface area contributed by atoms with Gasteiger partial charge in [0.1, 0.15) is 0 Å². The summed E-state index contributed by atoms with van der Waals surface area (Å²) in [5.74, 6) is 0. The Bertz CT molecular complexity index is 470. The Kier molecular flexibility index (Phi) is 5.60. The van der Waals surface area contributed by atoms with E-state index in [9.17, 15) is 0 Å². The van der Waals surface area contributed by atoms with Gasteiger partial charge >= 0.3 is 0 Å². The third kappa shape index (κ3) is 3.78. The monoisotopic (exact) mass is 310 g/mol. The number of nitrogens with zero attached hydrogens (tertiary/aromatic N) is 2. The summed E-state index contributed by atoms with van der Waals surface area (Å²) in [6.45, 7) is 0.628. The largest absolute Gasteiger partial charge is 0.336 e. The molecule has 0 N–H and O–H groups in total. The molecule has 0 spiro atoms. The van der Waals surface area contributed by atoms with E-state index in [1.165, 1.54) is 0 Å². The number of hydrogen-bond acceptors (Lipinski definition) is 1. The molecule has 0 radical (unpaired) electrons. The fourth-order valence-corrected chi connectivity index (χ4v) is 2.38. The summed E-state index contributed by atoms with van der Waals surface area (Å²) in [4.78, 5) is 3.96. The molecule has 1 aromatic carbocycles. The van der Waals surface area contributed by atoms with E-state index >= 15 is 0 Å². The molecular formula is C11H10Cl4N2. The lowest BCUT2D eigenvalue weighted by Gasteiger charge is -2.12. The SMILES string of the molecule is Cl.Clc1ccc(C(Cl)Cn2ccnc2)c(Cl)c1. The number of hydrogen-bond donors (Lipinski definition) is 0. The Labute approximate surface area is 121 Å². The molecule has 1 heterocycles. The van der Waals surface area contributed by atoms with Crippen LogP contribution in [0.15, 0.2) is 36.9 Å². The van der Waals surface area contributed by atoms with Gasteiger partial charge in [-0.1, -0.05) is 29.3 Å². The molecule has 92 valence electrons. The Balaban J connectivity index is 0.00000144. The highest BCUT2D eigenvalue weighted by Crippen LogP contribution is 2.31. The molecule has 0 aliphatic rings. The average molecular weight is 312 g/mol. The quantitative estimate of drug-likeness (QED) is 0.758. The number of rotatable bonds is 3. The van der Waals surface area contributed by atoms with Crippen LogP contribution in [-0.4, -0.2) is 9.55 Å². The summed E-state index contributed by atoms with van der Waals surface area (Å²) in [5, 5.41) is 1.01. The van der Waals surface area contributed by atoms with Crippen molar-refractivity contribution < 1.29 is 0 Å². The van der Waals surface area contributed by atoms with Gasteiger partial charge in [-0.05, 0) is 17.7 Å². The summed E-state index contributed by atoms with van der Waals surface area (Å²) in [5.41, 5.74) is 0.876. The fraction of sp³-hybridized carbons (Fsp3) is 0.182. The van der Waals surface area contributed by atoms with Gasteiger partial charge in [0.05, 0.1) is 11.7 Å². The highest BCUT2D eigenvalue weighted by molar-refractivity contribution is 6.35. The summed E-state index contributed by atoms with van der Waals surface area (Å²) < 4.78 is 1.91. The number of benzene rings is 1. The lowest BCUT2D eigenvalue weighted by atomic mass is 10.1. The Morgan fingerprint density at radius 3 is 2.65 bits per heavy atom. The van der Waals surface area contributed by atoms with Crippen molar-refractivity contribution in [3.05, 3.63) is 52.5 Å². The molecule has 0 fully saturated rings. The third-order valence-corrected chi connectivity index (χ3v) is 3.17. The second-order valence-electron chi connectivity index (χ2n) is 3.39. The molecule has 0 amide bonds. The third-order valence-electron chi connectivity index (χ3n) is 2.23. The molecule has 2 nitrogen and oxygen atoms in total. The van der Waals surface area contributed by atoms with Crippen LogP contribution >= 0.6 is 47.2 Å². The first kappa shape index (κ1) is 14.7. The van der Waals surface area contributed by atoms with Crippen LogP contribution in [0.5, 0.6) is 0 Å². The van der Waals surface area contributed by atoms with Gasteiger partial charge in [0.2, 0.25) is 0 Å². The lowest BCUT2D eigenvalue weighted by molar-refractivity contribution is 0.677. The molecule has 0 bridgehead atoms. The Morgan fingerprint density at radius 1 is 1.29 bits per heavy atom. The molecule has 0 saturated carbocycles. The van der Waals surface area contributed by atoms with Crippen LogP contribution < -0.4 is 0 Å². The first-order valence-corrected chi connectivity index (χ1v) is 5.91. The van der Waals surface area contributed by atoms with Gasteiger partial charge in [-0.25, -0.2) is 4.98 Å². The predicted octanol–water partition coefficient (Wildman–Crippen LogP) is 4.59. The number of aromatic nitrogens is 2. The van der Waals surface area contributed by atoms with Gasteiger partial charge in [0.15, 0.2) is 0 Å². The van der Waals surface area contributed by atoms with Gasteiger partial charge in [-0.15, -0.1) is 24.0 Å². The van der Waals surface area contributed by atoms with E-state index in [0.29, 0.717) is 16.6 Å². The first-order valence-electron chi connectivity index (χ1n) is 4.71. The van der Waals surface area contributed by atoms with Crippen LogP contribution in [0.3, 0.4) is 0 Å². The van der Waals surface area contributed by atoms with Gasteiger partial charge in [0, 0.05) is 29.0 Å². The van der Waals surface area contributed by atoms with E-state index in [4.69, 9.17) is 34.8 Å². The number of halogens is 4. The smallest absolute Gasteiger partial charge is 0.0946 e. The van der Waals surface area contributed by atoms with Crippen LogP contribution in [0.25, 0.3) is 0 Å². The molecule has 1 atom stereocenters. The zero-order valence-corrected chi connectivity index (χ0v) is 11.8. The molecule has 1 unspecified atom stereocenters. The standard InChI is InChI=1S/C11H9Cl3N2.ClH/c12-8-1-2-9(10(13)5-8)11(14)6-16-4-3-15-7-16;/h1-5,7,11H,6H2;1H. The van der Waals surface area contributed by atoms with Gasteiger partial charge in [-0.2, -0.15) is 0 Å². The average Bonchev–Trinajstić information content (AvgIpc) is 2.70. The molecule has 0 aliphatic heterocycles. The predicted molar refractivity (Wildman–Crippen MR) is 74.5 cm³/mol. The van der Waals surface area contributed by atoms with Gasteiger partial charge < -0.3 is 4.57 Å². The highest BCUT2D eigenvalue weighted by Gasteiger charge is 2.12. The van der Waals surface area contributed by atoms with Crippen molar-refractivity contribution in [3.63, 3.8) is 0 Å². The fourth-order valence-electron chi connectivity index (χ4n) is 1.43. The van der Waals surface area contributed by atoms with E-state index in [-0.39, 0.29) is 17.8 Å². The van der Waals surface area contributed by atoms with E-state index in [1.807, 2.05) is 16.8 Å². The maximum atomic E-state index is 6.28. The molecule has 17 heavy (non-hydrogen) atoms. The molecule has 0 saturated heterocycles. The van der Waals surface area contributed by atoms with Crippen molar-refractivity contribution in [2.45, 2.75) is 11.9 Å². The summed E-state index contributed by atoms with van der Waals surface area (Å²) in [6, 6.07) is 5.33. The zero-order valence-electron chi connectivity index (χ0n) is 8.69. The minimum atomic E-state index is -0.195. The van der Waals surface area contributed by atoms with Crippen molar-refractivity contribution in [1.29, 1.82) is 0 Å². The normalized spacial score (nSPS) is 11.9. The zero-order chi connectivity index (χ0) is 11.5. The minimum Gasteiger partial charge on any atom is -0.336 e. The summed E-state index contributed by atoms with van der Waals surface area (Å²) in [7, 11) is 0. The topological polar surface area (TPSA) is 17.8 Å². The van der Waals surface area contributed by atoms with Crippen molar-refractivity contribution in [3.8, 4) is 0 Å². The highest BCUT2D eigenvalue weighted by atomic mass is 35.5. The first-order chi connectivity index (χ1) is 7.66. The van der Waals surface area contributed by atoms with Gasteiger partial charge in [0.25, 0.3) is 0 Å². The van der Waals surface area contributed by atoms with Crippen LogP contribution in [0.2, 0.25) is 10.0 Å². The van der Waals surface area contributed by atoms with Crippen LogP contribution in [0, 0.1) is 0 Å². The maximum absolute atomic E-state index is 6.28. The second kappa shape index (κ2) is 6.50. The van der Waals surface area contributed by atoms with E-state index in [0.717, 1.165) is 5.56 Å². The van der Waals surface area contributed by atoms with Crippen molar-refractivity contribution in [2.75, 3.05) is 0 Å². The lowest BCUT2D eigenvalue weighted by Crippen LogP contribution is -2.02. The van der Waals surface area contributed by atoms with E-state index in [1.54, 1.807) is 24.7 Å². The summed E-state index contributed by atoms with van der Waals surface area (Å²) >= 11 is 18.2. The van der Waals surface area contributed by atoms with Crippen molar-refractivity contribution in [2.24, 2.45) is 0 Å². The van der Waals surface area contributed by atoms with Crippen molar-refractivity contribution >= 4 is 47.2 Å². The van der Waals surface area contributed by atoms with Crippen LogP contribution in [0.1, 0.15) is 10.9 Å². The minimum absolute atomic E-state index is 0. The Morgan fingerprint density at radius 2 is 2.06 bits per heavy atom. The van der Waals surface area contributed by atoms with Crippen molar-refractivity contribution in [1.82, 2.24) is 9.55 Å². The van der Waals surface area contributed by atoms with Gasteiger partial charge in [-0.3, -0.25) is 0 Å². The molecule has 2 rings (SSSR count). The molecular weight excluding hydrogens is 302 g/mol. The number of imidazole rings is 1. The maximum Gasteiger partial charge on any atom is 0.0946 e. The van der Waals surface area contributed by atoms with Crippen LogP contribution in [-0.2, 0) is 6.54 Å². The number of alkyl halides is 1. The Hall–Kier alpha value is -0.410. The second-order valence-corrected chi connectivity index (χ2v) is 4.76. The molecule has 1 aromatic heterocycles. The molecule has 0 aliphatic carbocycles. The van der Waals surface area contributed by atoms with E-state index in [2.05, 4.69) is 4.98 Å². The van der Waals surface area contributed by atoms with Crippen LogP contribution in [0.4, 0.5) is 0 Å². The molecule has 2 aromatic rings. The molecule has 6 heteroatoms. The van der Waals surface area contributed by atoms with E-state index < -0.39 is 0 Å². The summed E-state index contributed by atoms with van der Waals surface area (Å²) in [6.07, 6.45) is 5.30.